The van der Waals surface area contributed by atoms with Crippen molar-refractivity contribution in [2.75, 3.05) is 39.3 Å². The van der Waals surface area contributed by atoms with Crippen molar-refractivity contribution in [3.05, 3.63) is 52.2 Å². The molecule has 0 bridgehead atoms. The van der Waals surface area contributed by atoms with Crippen LogP contribution in [0.1, 0.15) is 10.4 Å². The Balaban J connectivity index is 1.32. The predicted molar refractivity (Wildman–Crippen MR) is 105 cm³/mol. The molecule has 1 saturated heterocycles. The molecule has 1 aromatic heterocycles. The Morgan fingerprint density at radius 1 is 1.00 bits per heavy atom. The van der Waals surface area contributed by atoms with Crippen LogP contribution in [0.2, 0.25) is 0 Å². The van der Waals surface area contributed by atoms with Crippen molar-refractivity contribution < 1.29 is 13.2 Å². The first-order chi connectivity index (χ1) is 13.0. The van der Waals surface area contributed by atoms with Crippen LogP contribution in [0.15, 0.2) is 46.7 Å². The van der Waals surface area contributed by atoms with Gasteiger partial charge in [-0.1, -0.05) is 18.2 Å². The molecule has 144 valence electrons. The lowest BCUT2D eigenvalue weighted by atomic mass is 10.1. The van der Waals surface area contributed by atoms with Crippen LogP contribution in [0.4, 0.5) is 0 Å². The van der Waals surface area contributed by atoms with Crippen molar-refractivity contribution in [3.8, 4) is 0 Å². The van der Waals surface area contributed by atoms with Crippen LogP contribution in [0.3, 0.4) is 0 Å². The number of benzene rings is 1. The summed E-state index contributed by atoms with van der Waals surface area (Å²) in [7, 11) is -3.48. The lowest BCUT2D eigenvalue weighted by molar-refractivity contribution is -0.133. The zero-order valence-electron chi connectivity index (χ0n) is 15.1. The van der Waals surface area contributed by atoms with Gasteiger partial charge in [0.15, 0.2) is 0 Å². The van der Waals surface area contributed by atoms with E-state index >= 15 is 0 Å². The van der Waals surface area contributed by atoms with E-state index in [9.17, 15) is 13.2 Å². The summed E-state index contributed by atoms with van der Waals surface area (Å²) in [5.74, 6) is 0.0884. The fourth-order valence-corrected chi connectivity index (χ4v) is 5.99. The van der Waals surface area contributed by atoms with Crippen molar-refractivity contribution in [1.29, 1.82) is 0 Å². The summed E-state index contributed by atoms with van der Waals surface area (Å²) < 4.78 is 26.9. The molecule has 1 fully saturated rings. The van der Waals surface area contributed by atoms with Gasteiger partial charge in [-0.3, -0.25) is 9.69 Å². The molecule has 0 radical (unpaired) electrons. The summed E-state index contributed by atoms with van der Waals surface area (Å²) >= 11 is 1.79. The predicted octanol–water partition coefficient (Wildman–Crippen LogP) is 1.64. The number of nitrogens with zero attached hydrogens (tertiary/aromatic N) is 3. The largest absolute Gasteiger partial charge is 0.339 e. The van der Waals surface area contributed by atoms with Crippen LogP contribution in [-0.2, 0) is 27.8 Å². The van der Waals surface area contributed by atoms with Gasteiger partial charge < -0.3 is 4.90 Å². The van der Waals surface area contributed by atoms with E-state index in [4.69, 9.17) is 0 Å². The smallest absolute Gasteiger partial charge is 0.243 e. The van der Waals surface area contributed by atoms with E-state index in [1.165, 1.54) is 14.7 Å². The van der Waals surface area contributed by atoms with Gasteiger partial charge in [0.05, 0.1) is 11.4 Å². The first kappa shape index (κ1) is 18.6. The van der Waals surface area contributed by atoms with Gasteiger partial charge in [0, 0.05) is 44.1 Å². The standard InChI is InChI=1S/C19H23N3O3S2/c23-19(15-20-8-6-18-16(14-20)7-13-26-18)21-9-11-22(12-10-21)27(24,25)17-4-2-1-3-5-17/h1-5,7,13H,6,8-12,14-15H2. The molecular formula is C19H23N3O3S2. The second kappa shape index (κ2) is 7.71. The van der Waals surface area contributed by atoms with Gasteiger partial charge >= 0.3 is 0 Å². The second-order valence-electron chi connectivity index (χ2n) is 6.93. The molecule has 0 spiro atoms. The van der Waals surface area contributed by atoms with Crippen molar-refractivity contribution in [1.82, 2.24) is 14.1 Å². The summed E-state index contributed by atoms with van der Waals surface area (Å²) in [5.41, 5.74) is 1.33. The SMILES string of the molecule is O=C(CN1CCc2sccc2C1)N1CCN(S(=O)(=O)c2ccccc2)CC1. The van der Waals surface area contributed by atoms with Crippen molar-refractivity contribution in [3.63, 3.8) is 0 Å². The van der Waals surface area contributed by atoms with Crippen LogP contribution >= 0.6 is 11.3 Å². The van der Waals surface area contributed by atoms with Crippen LogP contribution in [0.5, 0.6) is 0 Å². The highest BCUT2D eigenvalue weighted by atomic mass is 32.2. The number of carbonyl (C=O) groups excluding carboxylic acids is 1. The first-order valence-electron chi connectivity index (χ1n) is 9.14. The molecular weight excluding hydrogens is 382 g/mol. The number of rotatable bonds is 4. The Kier molecular flexibility index (Phi) is 5.32. The topological polar surface area (TPSA) is 60.9 Å². The molecule has 0 saturated carbocycles. The van der Waals surface area contributed by atoms with Gasteiger partial charge in [-0.15, -0.1) is 11.3 Å². The van der Waals surface area contributed by atoms with Crippen molar-refractivity contribution >= 4 is 27.3 Å². The fraction of sp³-hybridized carbons (Fsp3) is 0.421. The molecule has 1 aromatic carbocycles. The summed E-state index contributed by atoms with van der Waals surface area (Å²) in [4.78, 5) is 18.4. The van der Waals surface area contributed by atoms with E-state index in [2.05, 4.69) is 16.3 Å². The van der Waals surface area contributed by atoms with E-state index in [1.807, 2.05) is 0 Å². The van der Waals surface area contributed by atoms with Crippen molar-refractivity contribution in [2.45, 2.75) is 17.9 Å². The normalized spacial score (nSPS) is 19.0. The molecule has 0 atom stereocenters. The number of piperazine rings is 1. The van der Waals surface area contributed by atoms with Crippen molar-refractivity contribution in [2.24, 2.45) is 0 Å². The highest BCUT2D eigenvalue weighted by Gasteiger charge is 2.30. The summed E-state index contributed by atoms with van der Waals surface area (Å²) in [6, 6.07) is 10.6. The Labute approximate surface area is 164 Å². The average Bonchev–Trinajstić information content (AvgIpc) is 3.16. The molecule has 2 aliphatic heterocycles. The van der Waals surface area contributed by atoms with Crippen LogP contribution in [0, 0.1) is 0 Å². The molecule has 2 aliphatic rings. The molecule has 6 nitrogen and oxygen atoms in total. The maximum atomic E-state index is 12.7. The lowest BCUT2D eigenvalue weighted by Gasteiger charge is -2.35. The first-order valence-corrected chi connectivity index (χ1v) is 11.5. The third-order valence-electron chi connectivity index (χ3n) is 5.22. The molecule has 0 unspecified atom stereocenters. The molecule has 3 heterocycles. The quantitative estimate of drug-likeness (QED) is 0.776. The lowest BCUT2D eigenvalue weighted by Crippen LogP contribution is -2.52. The maximum Gasteiger partial charge on any atom is 0.243 e. The summed E-state index contributed by atoms with van der Waals surface area (Å²) in [6.07, 6.45) is 1.00. The number of fused-ring (bicyclic) bond motifs is 1. The number of amides is 1. The zero-order valence-corrected chi connectivity index (χ0v) is 16.7. The van der Waals surface area contributed by atoms with E-state index in [-0.39, 0.29) is 5.91 Å². The van der Waals surface area contributed by atoms with E-state index in [0.717, 1.165) is 19.5 Å². The average molecular weight is 406 g/mol. The van der Waals surface area contributed by atoms with Crippen LogP contribution in [-0.4, -0.2) is 67.7 Å². The number of hydrogen-bond acceptors (Lipinski definition) is 5. The van der Waals surface area contributed by atoms with Gasteiger partial charge in [-0.05, 0) is 35.6 Å². The van der Waals surface area contributed by atoms with E-state index in [1.54, 1.807) is 46.6 Å². The van der Waals surface area contributed by atoms with Crippen LogP contribution in [0.25, 0.3) is 0 Å². The summed E-state index contributed by atoms with van der Waals surface area (Å²) in [5, 5.41) is 2.11. The van der Waals surface area contributed by atoms with E-state index in [0.29, 0.717) is 37.6 Å². The minimum absolute atomic E-state index is 0.0884. The molecule has 4 rings (SSSR count). The Bertz CT molecular complexity index is 903. The third-order valence-corrected chi connectivity index (χ3v) is 8.15. The zero-order chi connectivity index (χ0) is 18.9. The Morgan fingerprint density at radius 2 is 1.74 bits per heavy atom. The Morgan fingerprint density at radius 3 is 2.48 bits per heavy atom. The number of carbonyl (C=O) groups is 1. The molecule has 2 aromatic rings. The van der Waals surface area contributed by atoms with Crippen LogP contribution < -0.4 is 0 Å². The van der Waals surface area contributed by atoms with E-state index < -0.39 is 10.0 Å². The highest BCUT2D eigenvalue weighted by molar-refractivity contribution is 7.89. The number of thiophene rings is 1. The molecule has 0 N–H and O–H groups in total. The molecule has 0 aliphatic carbocycles. The summed E-state index contributed by atoms with van der Waals surface area (Å²) in [6.45, 7) is 3.72. The monoisotopic (exact) mass is 405 g/mol. The van der Waals surface area contributed by atoms with Gasteiger partial charge in [0.2, 0.25) is 15.9 Å². The highest BCUT2D eigenvalue weighted by Crippen LogP contribution is 2.24. The van der Waals surface area contributed by atoms with Gasteiger partial charge in [-0.25, -0.2) is 8.42 Å². The van der Waals surface area contributed by atoms with Gasteiger partial charge in [0.1, 0.15) is 0 Å². The minimum atomic E-state index is -3.48. The molecule has 27 heavy (non-hydrogen) atoms. The third kappa shape index (κ3) is 3.94. The second-order valence-corrected chi connectivity index (χ2v) is 9.87. The molecule has 1 amide bonds. The number of hydrogen-bond donors (Lipinski definition) is 0. The fourth-order valence-electron chi connectivity index (χ4n) is 3.65. The van der Waals surface area contributed by atoms with Gasteiger partial charge in [-0.2, -0.15) is 4.31 Å². The molecule has 8 heteroatoms. The number of sulfonamides is 1. The maximum absolute atomic E-state index is 12.7. The minimum Gasteiger partial charge on any atom is -0.339 e. The Hall–Kier alpha value is -1.74. The van der Waals surface area contributed by atoms with Gasteiger partial charge in [0.25, 0.3) is 0 Å².